The molecule has 5 rings (SSSR count). The van der Waals surface area contributed by atoms with Crippen molar-refractivity contribution in [2.45, 2.75) is 51.7 Å². The molecule has 2 aliphatic rings. The minimum absolute atomic E-state index is 0.0447. The average molecular weight is 480 g/mol. The predicted molar refractivity (Wildman–Crippen MR) is 127 cm³/mol. The Balaban J connectivity index is 1.39. The summed E-state index contributed by atoms with van der Waals surface area (Å²) < 4.78 is 1.99. The number of rotatable bonds is 8. The summed E-state index contributed by atoms with van der Waals surface area (Å²) in [5.74, 6) is 1.39. The summed E-state index contributed by atoms with van der Waals surface area (Å²) in [6.07, 6.45) is 7.12. The first-order chi connectivity index (χ1) is 17.0. The Labute approximate surface area is 202 Å². The zero-order valence-corrected chi connectivity index (χ0v) is 19.8. The quantitative estimate of drug-likeness (QED) is 0.390. The molecule has 3 N–H and O–H groups in total. The van der Waals surface area contributed by atoms with E-state index in [0.29, 0.717) is 54.7 Å². The van der Waals surface area contributed by atoms with Crippen LogP contribution in [0.1, 0.15) is 32.0 Å². The highest BCUT2D eigenvalue weighted by atomic mass is 16.3. The second kappa shape index (κ2) is 9.62. The number of aliphatic hydroxyl groups excluding tert-OH is 1. The van der Waals surface area contributed by atoms with E-state index in [4.69, 9.17) is 4.98 Å². The molecule has 4 heterocycles. The highest BCUT2D eigenvalue weighted by Gasteiger charge is 2.39. The molecule has 3 aromatic heterocycles. The van der Waals surface area contributed by atoms with Crippen molar-refractivity contribution in [1.29, 1.82) is 0 Å². The predicted octanol–water partition coefficient (Wildman–Crippen LogP) is 0.512. The summed E-state index contributed by atoms with van der Waals surface area (Å²) in [6.45, 7) is 5.29. The SMILES string of the molecule is CCn1c(-c2cnc(C)nc2)nc2c(NC3C[C@H](C(=O)NC(=O)C4CC4)N(CCO)C3)ncnc21. The van der Waals surface area contributed by atoms with Crippen LogP contribution in [0, 0.1) is 12.8 Å². The summed E-state index contributed by atoms with van der Waals surface area (Å²) in [5, 5.41) is 15.5. The lowest BCUT2D eigenvalue weighted by Gasteiger charge is -2.21. The summed E-state index contributed by atoms with van der Waals surface area (Å²) in [7, 11) is 0. The number of fused-ring (bicyclic) bond motifs is 1. The minimum atomic E-state index is -0.506. The first-order valence-corrected chi connectivity index (χ1v) is 11.9. The molecule has 1 saturated carbocycles. The number of carbonyl (C=O) groups excluding carboxylic acids is 2. The van der Waals surface area contributed by atoms with E-state index in [2.05, 4.69) is 30.6 Å². The Bertz CT molecular complexity index is 1240. The van der Waals surface area contributed by atoms with E-state index < -0.39 is 6.04 Å². The fourth-order valence-electron chi connectivity index (χ4n) is 4.57. The topological polar surface area (TPSA) is 151 Å². The van der Waals surface area contributed by atoms with Crippen LogP contribution in [0.2, 0.25) is 0 Å². The van der Waals surface area contributed by atoms with E-state index >= 15 is 0 Å². The summed E-state index contributed by atoms with van der Waals surface area (Å²) in [4.78, 5) is 49.1. The molecule has 0 spiro atoms. The third kappa shape index (κ3) is 4.71. The molecule has 0 bridgehead atoms. The smallest absolute Gasteiger partial charge is 0.243 e. The lowest BCUT2D eigenvalue weighted by molar-refractivity contribution is -0.133. The molecule has 184 valence electrons. The lowest BCUT2D eigenvalue weighted by Crippen LogP contribution is -2.46. The normalized spacial score (nSPS) is 20.3. The van der Waals surface area contributed by atoms with E-state index in [9.17, 15) is 14.7 Å². The van der Waals surface area contributed by atoms with Crippen LogP contribution in [0.15, 0.2) is 18.7 Å². The molecule has 2 amide bonds. The van der Waals surface area contributed by atoms with Crippen molar-refractivity contribution in [3.63, 3.8) is 0 Å². The number of β-amino-alcohol motifs (C(OH)–C–C–N with tert-alkyl or cyclic N) is 1. The molecule has 2 atom stereocenters. The van der Waals surface area contributed by atoms with Crippen molar-refractivity contribution in [2.24, 2.45) is 5.92 Å². The van der Waals surface area contributed by atoms with Crippen LogP contribution in [-0.4, -0.2) is 83.1 Å². The number of likely N-dealkylation sites (tertiary alicyclic amines) is 1. The van der Waals surface area contributed by atoms with Gasteiger partial charge in [0.15, 0.2) is 17.0 Å². The molecular formula is C23H29N9O3. The van der Waals surface area contributed by atoms with Crippen LogP contribution in [-0.2, 0) is 16.1 Å². The van der Waals surface area contributed by atoms with Gasteiger partial charge in [-0.05, 0) is 33.1 Å². The zero-order valence-electron chi connectivity index (χ0n) is 19.8. The van der Waals surface area contributed by atoms with Gasteiger partial charge < -0.3 is 15.0 Å². The number of amides is 2. The maximum Gasteiger partial charge on any atom is 0.243 e. The Kier molecular flexibility index (Phi) is 6.39. The van der Waals surface area contributed by atoms with Crippen LogP contribution >= 0.6 is 0 Å². The monoisotopic (exact) mass is 479 g/mol. The number of hydrogen-bond acceptors (Lipinski definition) is 10. The average Bonchev–Trinajstić information content (AvgIpc) is 3.53. The summed E-state index contributed by atoms with van der Waals surface area (Å²) >= 11 is 0. The molecule has 1 aliphatic carbocycles. The molecule has 0 aromatic carbocycles. The number of imidazole rings is 1. The minimum Gasteiger partial charge on any atom is -0.395 e. The third-order valence-electron chi connectivity index (χ3n) is 6.52. The lowest BCUT2D eigenvalue weighted by atomic mass is 10.1. The van der Waals surface area contributed by atoms with Gasteiger partial charge in [0.2, 0.25) is 11.8 Å². The number of aliphatic hydroxyl groups is 1. The molecule has 12 heteroatoms. The Morgan fingerprint density at radius 3 is 2.60 bits per heavy atom. The second-order valence-corrected chi connectivity index (χ2v) is 9.03. The Morgan fingerprint density at radius 2 is 1.91 bits per heavy atom. The van der Waals surface area contributed by atoms with Crippen LogP contribution in [0.4, 0.5) is 5.82 Å². The third-order valence-corrected chi connectivity index (χ3v) is 6.52. The van der Waals surface area contributed by atoms with E-state index in [1.165, 1.54) is 6.33 Å². The van der Waals surface area contributed by atoms with Gasteiger partial charge in [0.1, 0.15) is 18.0 Å². The summed E-state index contributed by atoms with van der Waals surface area (Å²) in [5.41, 5.74) is 2.10. The number of imide groups is 1. The molecular weight excluding hydrogens is 450 g/mol. The highest BCUT2D eigenvalue weighted by molar-refractivity contribution is 5.99. The van der Waals surface area contributed by atoms with E-state index in [-0.39, 0.29) is 30.4 Å². The number of aromatic nitrogens is 6. The Morgan fingerprint density at radius 1 is 1.14 bits per heavy atom. The number of anilines is 1. The van der Waals surface area contributed by atoms with E-state index in [1.54, 1.807) is 12.4 Å². The van der Waals surface area contributed by atoms with Crippen molar-refractivity contribution in [3.8, 4) is 11.4 Å². The summed E-state index contributed by atoms with van der Waals surface area (Å²) in [6, 6.07) is -0.627. The van der Waals surface area contributed by atoms with Gasteiger partial charge in [-0.3, -0.25) is 19.8 Å². The molecule has 1 saturated heterocycles. The van der Waals surface area contributed by atoms with Crippen molar-refractivity contribution >= 4 is 28.8 Å². The van der Waals surface area contributed by atoms with Gasteiger partial charge >= 0.3 is 0 Å². The molecule has 3 aromatic rings. The number of aryl methyl sites for hydroxylation is 2. The van der Waals surface area contributed by atoms with Gasteiger partial charge in [-0.2, -0.15) is 0 Å². The molecule has 12 nitrogen and oxygen atoms in total. The van der Waals surface area contributed by atoms with Gasteiger partial charge in [-0.15, -0.1) is 0 Å². The Hall–Kier alpha value is -3.51. The number of hydrogen-bond donors (Lipinski definition) is 3. The highest BCUT2D eigenvalue weighted by Crippen LogP contribution is 2.30. The maximum atomic E-state index is 12.8. The molecule has 1 aliphatic heterocycles. The zero-order chi connectivity index (χ0) is 24.5. The standard InChI is InChI=1S/C23H29N9O3/c1-3-32-20(15-9-24-13(2)25-10-15)29-18-19(26-12-27-21(18)32)28-16-8-17(31(11-16)6-7-33)23(35)30-22(34)14-4-5-14/h9-10,12,14,16-17,33H,3-8,11H2,1-2H3,(H,26,27,28)(H,30,34,35)/t16?,17-/m1/s1. The first kappa shape index (κ1) is 23.2. The van der Waals surface area contributed by atoms with Crippen LogP contribution < -0.4 is 10.6 Å². The van der Waals surface area contributed by atoms with Gasteiger partial charge in [-0.1, -0.05) is 0 Å². The van der Waals surface area contributed by atoms with Crippen molar-refractivity contribution in [3.05, 3.63) is 24.5 Å². The molecule has 35 heavy (non-hydrogen) atoms. The molecule has 0 radical (unpaired) electrons. The van der Waals surface area contributed by atoms with Gasteiger partial charge in [0, 0.05) is 44.0 Å². The fourth-order valence-corrected chi connectivity index (χ4v) is 4.57. The molecule has 2 fully saturated rings. The number of carbonyl (C=O) groups is 2. The van der Waals surface area contributed by atoms with Gasteiger partial charge in [0.05, 0.1) is 18.2 Å². The van der Waals surface area contributed by atoms with Crippen molar-refractivity contribution < 1.29 is 14.7 Å². The van der Waals surface area contributed by atoms with Crippen molar-refractivity contribution in [1.82, 2.24) is 39.7 Å². The van der Waals surface area contributed by atoms with Crippen molar-refractivity contribution in [2.75, 3.05) is 25.0 Å². The second-order valence-electron chi connectivity index (χ2n) is 9.03. The largest absolute Gasteiger partial charge is 0.395 e. The number of nitrogens with one attached hydrogen (secondary N) is 2. The maximum absolute atomic E-state index is 12.8. The van der Waals surface area contributed by atoms with Gasteiger partial charge in [0.25, 0.3) is 0 Å². The fraction of sp³-hybridized carbons (Fsp3) is 0.522. The van der Waals surface area contributed by atoms with Crippen LogP contribution in [0.3, 0.4) is 0 Å². The van der Waals surface area contributed by atoms with E-state index in [0.717, 1.165) is 18.4 Å². The van der Waals surface area contributed by atoms with E-state index in [1.807, 2.05) is 23.3 Å². The first-order valence-electron chi connectivity index (χ1n) is 11.9. The number of nitrogens with zero attached hydrogens (tertiary/aromatic N) is 7. The molecule has 1 unspecified atom stereocenters. The van der Waals surface area contributed by atoms with Gasteiger partial charge in [-0.25, -0.2) is 24.9 Å². The van der Waals surface area contributed by atoms with Crippen LogP contribution in [0.25, 0.3) is 22.6 Å². The van der Waals surface area contributed by atoms with Crippen LogP contribution in [0.5, 0.6) is 0 Å².